The zero-order chi connectivity index (χ0) is 28.4. The molecular formula is C25H23F4N5O4S2. The average Bonchev–Trinajstić information content (AvgIpc) is 3.68. The predicted molar refractivity (Wildman–Crippen MR) is 136 cm³/mol. The molecule has 0 saturated carbocycles. The molecule has 0 aliphatic carbocycles. The lowest BCUT2D eigenvalue weighted by atomic mass is 9.92. The van der Waals surface area contributed by atoms with Gasteiger partial charge in [0.05, 0.1) is 31.0 Å². The van der Waals surface area contributed by atoms with Crippen molar-refractivity contribution in [3.8, 4) is 0 Å². The Labute approximate surface area is 234 Å². The van der Waals surface area contributed by atoms with Crippen LogP contribution in [0.15, 0.2) is 46.2 Å². The molecule has 0 bridgehead atoms. The molecule has 212 valence electrons. The highest BCUT2D eigenvalue weighted by Gasteiger charge is 2.57. The molecular weight excluding hydrogens is 574 g/mol. The summed E-state index contributed by atoms with van der Waals surface area (Å²) in [5, 5.41) is 5.98. The van der Waals surface area contributed by atoms with E-state index in [1.165, 1.54) is 45.3 Å². The van der Waals surface area contributed by atoms with Crippen molar-refractivity contribution in [3.05, 3.63) is 64.0 Å². The number of carbonyl (C=O) groups is 3. The Morgan fingerprint density at radius 2 is 1.88 bits per heavy atom. The molecule has 40 heavy (non-hydrogen) atoms. The molecule has 2 saturated heterocycles. The Morgan fingerprint density at radius 3 is 2.52 bits per heavy atom. The van der Waals surface area contributed by atoms with Gasteiger partial charge in [0.1, 0.15) is 22.5 Å². The lowest BCUT2D eigenvalue weighted by molar-refractivity contribution is -0.184. The van der Waals surface area contributed by atoms with E-state index in [-0.39, 0.29) is 28.7 Å². The molecule has 9 nitrogen and oxygen atoms in total. The summed E-state index contributed by atoms with van der Waals surface area (Å²) in [5.74, 6) is -6.29. The fourth-order valence-corrected chi connectivity index (χ4v) is 6.11. The maximum atomic E-state index is 14.2. The van der Waals surface area contributed by atoms with Crippen LogP contribution in [0.2, 0.25) is 0 Å². The van der Waals surface area contributed by atoms with Crippen molar-refractivity contribution in [1.29, 1.82) is 0 Å². The topological polar surface area (TPSA) is 97.6 Å². The van der Waals surface area contributed by atoms with Crippen LogP contribution < -0.4 is 0 Å². The normalized spacial score (nSPS) is 19.9. The lowest BCUT2D eigenvalue weighted by Crippen LogP contribution is -2.46. The van der Waals surface area contributed by atoms with Crippen LogP contribution in [0.3, 0.4) is 0 Å². The molecule has 0 spiro atoms. The minimum absolute atomic E-state index is 0.0656. The number of likely N-dealkylation sites (tertiary alicyclic amines) is 1. The summed E-state index contributed by atoms with van der Waals surface area (Å²) in [4.78, 5) is 45.2. The van der Waals surface area contributed by atoms with Crippen LogP contribution >= 0.6 is 23.1 Å². The summed E-state index contributed by atoms with van der Waals surface area (Å²) < 4.78 is 62.1. The quantitative estimate of drug-likeness (QED) is 0.304. The van der Waals surface area contributed by atoms with E-state index in [9.17, 15) is 31.9 Å². The molecule has 2 atom stereocenters. The molecule has 15 heteroatoms. The smallest absolute Gasteiger partial charge is 0.378 e. The number of hydrogen-bond acceptors (Lipinski definition) is 8. The molecule has 1 aromatic carbocycles. The van der Waals surface area contributed by atoms with Crippen LogP contribution in [0.5, 0.6) is 0 Å². The van der Waals surface area contributed by atoms with Gasteiger partial charge in [-0.1, -0.05) is 12.1 Å². The number of morpholine rings is 1. The lowest BCUT2D eigenvalue weighted by Gasteiger charge is -2.28. The second-order valence-electron chi connectivity index (χ2n) is 9.25. The third-order valence-corrected chi connectivity index (χ3v) is 8.31. The zero-order valence-electron chi connectivity index (χ0n) is 20.8. The van der Waals surface area contributed by atoms with E-state index >= 15 is 0 Å². The largest absolute Gasteiger partial charge is 0.401 e. The Balaban J connectivity index is 1.43. The molecule has 0 radical (unpaired) electrons. The molecule has 2 fully saturated rings. The Kier molecular flexibility index (Phi) is 8.24. The number of nitrogens with zero attached hydrogens (tertiary/aromatic N) is 5. The molecule has 2 unspecified atom stereocenters. The van der Waals surface area contributed by atoms with Gasteiger partial charge in [-0.05, 0) is 23.8 Å². The van der Waals surface area contributed by atoms with Crippen molar-refractivity contribution in [2.45, 2.75) is 22.9 Å². The van der Waals surface area contributed by atoms with Crippen molar-refractivity contribution < 1.29 is 36.7 Å². The number of carbonyl (C=O) groups excluding carboxylic acids is 3. The van der Waals surface area contributed by atoms with E-state index in [4.69, 9.17) is 4.74 Å². The number of aromatic nitrogens is 3. The average molecular weight is 598 g/mol. The summed E-state index contributed by atoms with van der Waals surface area (Å²) in [6.45, 7) is 0.345. The molecule has 5 rings (SSSR count). The molecule has 0 N–H and O–H groups in total. The van der Waals surface area contributed by atoms with Gasteiger partial charge >= 0.3 is 6.18 Å². The fourth-order valence-electron chi connectivity index (χ4n) is 4.63. The summed E-state index contributed by atoms with van der Waals surface area (Å²) in [5.41, 5.74) is 2.14. The highest BCUT2D eigenvalue weighted by molar-refractivity contribution is 7.98. The monoisotopic (exact) mass is 597 g/mol. The minimum atomic E-state index is -4.90. The highest BCUT2D eigenvalue weighted by atomic mass is 32.2. The first-order valence-corrected chi connectivity index (χ1v) is 14.2. The van der Waals surface area contributed by atoms with Crippen LogP contribution in [0.4, 0.5) is 17.6 Å². The molecule has 2 aliphatic heterocycles. The number of rotatable bonds is 7. The highest BCUT2D eigenvalue weighted by Crippen LogP contribution is 2.44. The maximum Gasteiger partial charge on any atom is 0.401 e. The van der Waals surface area contributed by atoms with Crippen molar-refractivity contribution in [3.63, 3.8) is 0 Å². The second kappa shape index (κ2) is 11.7. The number of hydrogen-bond donors (Lipinski definition) is 0. The Hall–Kier alpha value is -3.30. The number of thioether (sulfide) groups is 1. The molecule has 2 amide bonds. The van der Waals surface area contributed by atoms with Gasteiger partial charge < -0.3 is 14.5 Å². The van der Waals surface area contributed by atoms with Crippen molar-refractivity contribution in [1.82, 2.24) is 24.6 Å². The summed E-state index contributed by atoms with van der Waals surface area (Å²) in [7, 11) is 0. The van der Waals surface area contributed by atoms with E-state index in [1.54, 1.807) is 12.1 Å². The first-order chi connectivity index (χ1) is 19.1. The Bertz CT molecular complexity index is 1370. The maximum absolute atomic E-state index is 14.2. The van der Waals surface area contributed by atoms with E-state index < -0.39 is 48.1 Å². The standard InChI is InChI=1S/C25H23F4N5O4S2/c26-16-3-1-15(2-4-16)12-40-21-9-18(31-34(21)23(36)19-13-39-14-30-19)17-10-33(24(37)22(17)25(27,28)29)11-20(35)32-5-7-38-8-6-32/h1-4,9,13-14,17,22H,5-8,10-12H2. The first-order valence-electron chi connectivity index (χ1n) is 12.2. The summed E-state index contributed by atoms with van der Waals surface area (Å²) in [6.07, 6.45) is -4.90. The van der Waals surface area contributed by atoms with Crippen LogP contribution in [0.25, 0.3) is 0 Å². The Morgan fingerprint density at radius 1 is 1.15 bits per heavy atom. The van der Waals surface area contributed by atoms with Gasteiger partial charge in [0.15, 0.2) is 0 Å². The molecule has 2 aliphatic rings. The van der Waals surface area contributed by atoms with Gasteiger partial charge in [0.2, 0.25) is 11.8 Å². The minimum Gasteiger partial charge on any atom is -0.378 e. The van der Waals surface area contributed by atoms with E-state index in [0.29, 0.717) is 26.3 Å². The molecule has 3 aromatic rings. The van der Waals surface area contributed by atoms with Crippen molar-refractivity contribution >= 4 is 40.8 Å². The van der Waals surface area contributed by atoms with Crippen LogP contribution in [0, 0.1) is 11.7 Å². The molecule has 2 aromatic heterocycles. The van der Waals surface area contributed by atoms with Gasteiger partial charge in [-0.25, -0.2) is 9.37 Å². The second-order valence-corrected chi connectivity index (χ2v) is 11.0. The first kappa shape index (κ1) is 28.2. The van der Waals surface area contributed by atoms with Crippen LogP contribution in [-0.4, -0.2) is 87.9 Å². The number of amides is 2. The summed E-state index contributed by atoms with van der Waals surface area (Å²) in [6, 6.07) is 7.05. The van der Waals surface area contributed by atoms with Crippen molar-refractivity contribution in [2.24, 2.45) is 5.92 Å². The number of alkyl halides is 3. The third kappa shape index (κ3) is 6.05. The van der Waals surface area contributed by atoms with Gasteiger partial charge in [-0.3, -0.25) is 14.4 Å². The number of ether oxygens (including phenoxy) is 1. The van der Waals surface area contributed by atoms with Crippen LogP contribution in [-0.2, 0) is 20.1 Å². The van der Waals surface area contributed by atoms with E-state index in [2.05, 4.69) is 10.1 Å². The molecule has 4 heterocycles. The SMILES string of the molecule is O=C(CN1CC(c2cc(SCc3ccc(F)cc3)n(C(=O)c3cscn3)n2)C(C(F)(F)F)C1=O)N1CCOCC1. The third-order valence-electron chi connectivity index (χ3n) is 6.66. The number of thiazole rings is 1. The van der Waals surface area contributed by atoms with E-state index in [1.807, 2.05) is 0 Å². The van der Waals surface area contributed by atoms with Crippen molar-refractivity contribution in [2.75, 3.05) is 39.4 Å². The van der Waals surface area contributed by atoms with E-state index in [0.717, 1.165) is 26.9 Å². The van der Waals surface area contributed by atoms with Gasteiger partial charge in [-0.15, -0.1) is 23.1 Å². The van der Waals surface area contributed by atoms with Gasteiger partial charge in [-0.2, -0.15) is 23.0 Å². The van der Waals surface area contributed by atoms with Gasteiger partial charge in [0.25, 0.3) is 5.91 Å². The van der Waals surface area contributed by atoms with Gasteiger partial charge in [0, 0.05) is 36.7 Å². The predicted octanol–water partition coefficient (Wildman–Crippen LogP) is 3.42. The fraction of sp³-hybridized carbons (Fsp3) is 0.400. The zero-order valence-corrected chi connectivity index (χ0v) is 22.5. The van der Waals surface area contributed by atoms with Crippen LogP contribution in [0.1, 0.15) is 27.7 Å². The number of halogens is 4. The number of benzene rings is 1. The summed E-state index contributed by atoms with van der Waals surface area (Å²) >= 11 is 2.31.